The molecule has 0 aliphatic carbocycles. The average molecular weight is 278 g/mol. The topological polar surface area (TPSA) is 23.6 Å². The van der Waals surface area contributed by atoms with Crippen LogP contribution in [0.5, 0.6) is 0 Å². The van der Waals surface area contributed by atoms with E-state index in [9.17, 15) is 9.18 Å². The maximum atomic E-state index is 13.1. The maximum Gasteiger partial charge on any atom is 0.164 e. The molecule has 0 bridgehead atoms. The van der Waals surface area contributed by atoms with Gasteiger partial charge in [-0.25, -0.2) is 4.39 Å². The first-order chi connectivity index (χ1) is 9.54. The third-order valence-electron chi connectivity index (χ3n) is 3.93. The van der Waals surface area contributed by atoms with Crippen LogP contribution in [-0.4, -0.2) is 55.9 Å². The van der Waals surface area contributed by atoms with Gasteiger partial charge in [0.1, 0.15) is 5.82 Å². The number of carbonyl (C=O) groups excluding carboxylic acids is 1. The van der Waals surface area contributed by atoms with Crippen LogP contribution in [0.15, 0.2) is 24.3 Å². The van der Waals surface area contributed by atoms with E-state index < -0.39 is 0 Å². The lowest BCUT2D eigenvalue weighted by Crippen LogP contribution is -2.29. The fourth-order valence-electron chi connectivity index (χ4n) is 2.81. The lowest BCUT2D eigenvalue weighted by Gasteiger charge is -2.20. The summed E-state index contributed by atoms with van der Waals surface area (Å²) in [6, 6.07) is 5.94. The average Bonchev–Trinajstić information content (AvgIpc) is 2.81. The van der Waals surface area contributed by atoms with Crippen molar-refractivity contribution in [2.45, 2.75) is 12.8 Å². The standard InChI is InChI=1S/C16H23FN2O/c1-18-8-6-13(11-18)12-19(2)9-7-16(20)14-4-3-5-15(17)10-14/h3-5,10,13H,6-9,11-12H2,1-2H3. The van der Waals surface area contributed by atoms with Crippen molar-refractivity contribution in [2.75, 3.05) is 40.3 Å². The zero-order valence-corrected chi connectivity index (χ0v) is 12.3. The van der Waals surface area contributed by atoms with Gasteiger partial charge in [0, 0.05) is 31.6 Å². The summed E-state index contributed by atoms with van der Waals surface area (Å²) in [7, 11) is 4.20. The fourth-order valence-corrected chi connectivity index (χ4v) is 2.81. The molecule has 0 amide bonds. The molecule has 1 aromatic rings. The number of hydrogen-bond acceptors (Lipinski definition) is 3. The number of carbonyl (C=O) groups is 1. The molecule has 1 aromatic carbocycles. The van der Waals surface area contributed by atoms with Crippen molar-refractivity contribution in [3.8, 4) is 0 Å². The van der Waals surface area contributed by atoms with Crippen molar-refractivity contribution < 1.29 is 9.18 Å². The minimum Gasteiger partial charge on any atom is -0.306 e. The number of hydrogen-bond donors (Lipinski definition) is 0. The van der Waals surface area contributed by atoms with Gasteiger partial charge in [-0.2, -0.15) is 0 Å². The summed E-state index contributed by atoms with van der Waals surface area (Å²) in [5.41, 5.74) is 0.471. The summed E-state index contributed by atoms with van der Waals surface area (Å²) in [5, 5.41) is 0. The second kappa shape index (κ2) is 6.95. The summed E-state index contributed by atoms with van der Waals surface area (Å²) in [6.45, 7) is 4.07. The molecule has 2 rings (SSSR count). The molecule has 1 heterocycles. The molecule has 110 valence electrons. The zero-order valence-electron chi connectivity index (χ0n) is 12.3. The Bertz CT molecular complexity index is 464. The Morgan fingerprint density at radius 2 is 2.30 bits per heavy atom. The molecule has 3 nitrogen and oxygen atoms in total. The van der Waals surface area contributed by atoms with Gasteiger partial charge in [-0.15, -0.1) is 0 Å². The van der Waals surface area contributed by atoms with Crippen LogP contribution in [0.25, 0.3) is 0 Å². The molecule has 0 N–H and O–H groups in total. The largest absolute Gasteiger partial charge is 0.306 e. The third kappa shape index (κ3) is 4.39. The van der Waals surface area contributed by atoms with Gasteiger partial charge in [-0.3, -0.25) is 4.79 Å². The van der Waals surface area contributed by atoms with E-state index in [4.69, 9.17) is 0 Å². The van der Waals surface area contributed by atoms with Crippen molar-refractivity contribution in [3.63, 3.8) is 0 Å². The van der Waals surface area contributed by atoms with Gasteiger partial charge >= 0.3 is 0 Å². The van der Waals surface area contributed by atoms with Crippen molar-refractivity contribution >= 4 is 5.78 Å². The van der Waals surface area contributed by atoms with E-state index in [2.05, 4.69) is 23.9 Å². The maximum absolute atomic E-state index is 13.1. The number of halogens is 1. The summed E-state index contributed by atoms with van der Waals surface area (Å²) < 4.78 is 13.1. The summed E-state index contributed by atoms with van der Waals surface area (Å²) in [5.74, 6) is 0.368. The quantitative estimate of drug-likeness (QED) is 0.746. The second-order valence-electron chi connectivity index (χ2n) is 5.86. The van der Waals surface area contributed by atoms with Crippen LogP contribution in [0.2, 0.25) is 0 Å². The molecular weight excluding hydrogens is 255 g/mol. The minimum absolute atomic E-state index is 0.0138. The Morgan fingerprint density at radius 3 is 2.95 bits per heavy atom. The highest BCUT2D eigenvalue weighted by atomic mass is 19.1. The summed E-state index contributed by atoms with van der Waals surface area (Å²) >= 11 is 0. The van der Waals surface area contributed by atoms with Gasteiger partial charge in [0.15, 0.2) is 5.78 Å². The molecule has 1 fully saturated rings. The highest BCUT2D eigenvalue weighted by molar-refractivity contribution is 5.96. The van der Waals surface area contributed by atoms with Gasteiger partial charge in [0.25, 0.3) is 0 Å². The predicted molar refractivity (Wildman–Crippen MR) is 78.4 cm³/mol. The predicted octanol–water partition coefficient (Wildman–Crippen LogP) is 2.28. The van der Waals surface area contributed by atoms with Crippen LogP contribution in [0.1, 0.15) is 23.2 Å². The lowest BCUT2D eigenvalue weighted by atomic mass is 10.1. The van der Waals surface area contributed by atoms with Gasteiger partial charge in [0.2, 0.25) is 0 Å². The first-order valence-corrected chi connectivity index (χ1v) is 7.20. The summed E-state index contributed by atoms with van der Waals surface area (Å²) in [4.78, 5) is 16.5. The molecule has 1 aliphatic rings. The first-order valence-electron chi connectivity index (χ1n) is 7.20. The van der Waals surface area contributed by atoms with E-state index in [0.29, 0.717) is 17.9 Å². The molecule has 20 heavy (non-hydrogen) atoms. The van der Waals surface area contributed by atoms with Crippen molar-refractivity contribution in [1.29, 1.82) is 0 Å². The zero-order chi connectivity index (χ0) is 14.5. The Kier molecular flexibility index (Phi) is 5.26. The minimum atomic E-state index is -0.349. The number of Topliss-reactive ketones (excluding diaryl/α,β-unsaturated/α-hetero) is 1. The Balaban J connectivity index is 1.75. The number of ketones is 1. The fraction of sp³-hybridized carbons (Fsp3) is 0.562. The highest BCUT2D eigenvalue weighted by Crippen LogP contribution is 2.15. The molecular formula is C16H23FN2O. The molecule has 0 saturated carbocycles. The van der Waals surface area contributed by atoms with Crippen LogP contribution >= 0.6 is 0 Å². The molecule has 1 saturated heterocycles. The SMILES string of the molecule is CN(CCC(=O)c1cccc(F)c1)CC1CCN(C)C1. The van der Waals surface area contributed by atoms with Crippen LogP contribution in [0.3, 0.4) is 0 Å². The van der Waals surface area contributed by atoms with E-state index >= 15 is 0 Å². The molecule has 1 unspecified atom stereocenters. The normalized spacial score (nSPS) is 19.7. The lowest BCUT2D eigenvalue weighted by molar-refractivity contribution is 0.0966. The third-order valence-corrected chi connectivity index (χ3v) is 3.93. The second-order valence-corrected chi connectivity index (χ2v) is 5.86. The number of rotatable bonds is 6. The Labute approximate surface area is 120 Å². The van der Waals surface area contributed by atoms with Crippen LogP contribution in [-0.2, 0) is 0 Å². The molecule has 0 aromatic heterocycles. The highest BCUT2D eigenvalue weighted by Gasteiger charge is 2.20. The Morgan fingerprint density at radius 1 is 1.50 bits per heavy atom. The number of nitrogens with zero attached hydrogens (tertiary/aromatic N) is 2. The van der Waals surface area contributed by atoms with Gasteiger partial charge < -0.3 is 9.80 Å². The molecule has 0 spiro atoms. The first kappa shape index (κ1) is 15.1. The van der Waals surface area contributed by atoms with E-state index in [1.807, 2.05) is 0 Å². The summed E-state index contributed by atoms with van der Waals surface area (Å²) in [6.07, 6.45) is 1.68. The van der Waals surface area contributed by atoms with Crippen LogP contribution in [0.4, 0.5) is 4.39 Å². The van der Waals surface area contributed by atoms with E-state index in [0.717, 1.165) is 19.6 Å². The van der Waals surface area contributed by atoms with Gasteiger partial charge in [0.05, 0.1) is 0 Å². The van der Waals surface area contributed by atoms with E-state index in [-0.39, 0.29) is 11.6 Å². The van der Waals surface area contributed by atoms with Gasteiger partial charge in [-0.1, -0.05) is 12.1 Å². The van der Waals surface area contributed by atoms with Crippen molar-refractivity contribution in [3.05, 3.63) is 35.6 Å². The van der Waals surface area contributed by atoms with Gasteiger partial charge in [-0.05, 0) is 45.1 Å². The molecule has 1 aliphatic heterocycles. The number of benzene rings is 1. The number of likely N-dealkylation sites (tertiary alicyclic amines) is 1. The van der Waals surface area contributed by atoms with Crippen LogP contribution in [0, 0.1) is 11.7 Å². The Hall–Kier alpha value is -1.26. The smallest absolute Gasteiger partial charge is 0.164 e. The molecule has 4 heteroatoms. The van der Waals surface area contributed by atoms with E-state index in [1.54, 1.807) is 12.1 Å². The van der Waals surface area contributed by atoms with Crippen LogP contribution < -0.4 is 0 Å². The van der Waals surface area contributed by atoms with Crippen molar-refractivity contribution in [1.82, 2.24) is 9.80 Å². The monoisotopic (exact) mass is 278 g/mol. The van der Waals surface area contributed by atoms with E-state index in [1.165, 1.54) is 25.1 Å². The van der Waals surface area contributed by atoms with Crippen molar-refractivity contribution in [2.24, 2.45) is 5.92 Å². The molecule has 0 radical (unpaired) electrons. The molecule has 1 atom stereocenters.